The molecular formula is C20H12BrN4O4S-. The lowest BCUT2D eigenvalue weighted by Crippen LogP contribution is -2.14. The summed E-state index contributed by atoms with van der Waals surface area (Å²) in [6, 6.07) is 17.5. The maximum absolute atomic E-state index is 13.6. The number of rotatable bonds is 3. The zero-order valence-electron chi connectivity index (χ0n) is 15.1. The lowest BCUT2D eigenvalue weighted by atomic mass is 10.2. The van der Waals surface area contributed by atoms with Gasteiger partial charge in [0.1, 0.15) is 5.52 Å². The summed E-state index contributed by atoms with van der Waals surface area (Å²) in [7, 11) is -4.08. The van der Waals surface area contributed by atoms with E-state index in [9.17, 15) is 13.6 Å². The number of nitrogens with zero attached hydrogens (tertiary/aromatic N) is 4. The Hall–Kier alpha value is -3.05. The smallest absolute Gasteiger partial charge is 0.269 e. The fourth-order valence-corrected chi connectivity index (χ4v) is 5.22. The van der Waals surface area contributed by atoms with Crippen LogP contribution in [0.5, 0.6) is 0 Å². The van der Waals surface area contributed by atoms with Crippen LogP contribution in [0.4, 0.5) is 5.69 Å². The number of aromatic nitrogens is 3. The van der Waals surface area contributed by atoms with Crippen molar-refractivity contribution in [2.45, 2.75) is 4.90 Å². The first-order valence-corrected chi connectivity index (χ1v) is 11.0. The Morgan fingerprint density at radius 2 is 1.63 bits per heavy atom. The van der Waals surface area contributed by atoms with Crippen molar-refractivity contribution < 1.29 is 13.6 Å². The summed E-state index contributed by atoms with van der Waals surface area (Å²) >= 11 is 3.43. The minimum Gasteiger partial charge on any atom is -0.733 e. The Morgan fingerprint density at radius 3 is 2.30 bits per heavy atom. The average molecular weight is 484 g/mol. The van der Waals surface area contributed by atoms with Crippen LogP contribution in [-0.2, 0) is 10.0 Å². The Labute approximate surface area is 178 Å². The highest BCUT2D eigenvalue weighted by Crippen LogP contribution is 2.33. The summed E-state index contributed by atoms with van der Waals surface area (Å²) in [5.74, 6) is 0. The van der Waals surface area contributed by atoms with Crippen molar-refractivity contribution in [3.8, 4) is 0 Å². The lowest BCUT2D eigenvalue weighted by Gasteiger charge is -2.21. The summed E-state index contributed by atoms with van der Waals surface area (Å²) < 4.78 is 29.0. The first-order valence-electron chi connectivity index (χ1n) is 8.74. The van der Waals surface area contributed by atoms with Gasteiger partial charge in [0, 0.05) is 9.86 Å². The van der Waals surface area contributed by atoms with E-state index in [0.29, 0.717) is 27.5 Å². The molecule has 5 aromatic rings. The standard InChI is InChI=1S/C20H12BrN4O4S/c21-12-5-10-18-15(11-12)19-20(23-17-4-2-1-3-16(17)22-19)24(18)30(28,29)14-8-6-13(7-9-14)25(26)27/h1-11,26H/q-1. The third kappa shape index (κ3) is 2.84. The predicted octanol–water partition coefficient (Wildman–Crippen LogP) is 4.43. The van der Waals surface area contributed by atoms with Crippen LogP contribution in [0.15, 0.2) is 76.1 Å². The molecule has 30 heavy (non-hydrogen) atoms. The van der Waals surface area contributed by atoms with Crippen LogP contribution < -0.4 is 5.23 Å². The molecule has 3 aromatic carbocycles. The number of halogens is 1. The van der Waals surface area contributed by atoms with Crippen LogP contribution >= 0.6 is 15.9 Å². The second-order valence-corrected chi connectivity index (χ2v) is 9.28. The van der Waals surface area contributed by atoms with Gasteiger partial charge in [-0.1, -0.05) is 28.1 Å². The van der Waals surface area contributed by atoms with E-state index in [1.165, 1.54) is 24.3 Å². The van der Waals surface area contributed by atoms with E-state index in [1.807, 2.05) is 18.2 Å². The minimum absolute atomic E-state index is 0.0511. The van der Waals surface area contributed by atoms with Gasteiger partial charge >= 0.3 is 0 Å². The maximum atomic E-state index is 13.6. The van der Waals surface area contributed by atoms with Gasteiger partial charge in [-0.15, -0.1) is 0 Å². The van der Waals surface area contributed by atoms with Gasteiger partial charge in [0.05, 0.1) is 27.1 Å². The van der Waals surface area contributed by atoms with Crippen molar-refractivity contribution in [2.24, 2.45) is 0 Å². The quantitative estimate of drug-likeness (QED) is 0.377. The van der Waals surface area contributed by atoms with Crippen molar-refractivity contribution in [3.63, 3.8) is 0 Å². The molecule has 0 atom stereocenters. The van der Waals surface area contributed by atoms with Crippen LogP contribution in [0.3, 0.4) is 0 Å². The molecule has 0 saturated carbocycles. The molecule has 2 aromatic heterocycles. The molecule has 0 aliphatic heterocycles. The Bertz CT molecular complexity index is 1550. The molecule has 0 amide bonds. The summed E-state index contributed by atoms with van der Waals surface area (Å²) in [5.41, 5.74) is 2.25. The van der Waals surface area contributed by atoms with Gasteiger partial charge in [0.2, 0.25) is 0 Å². The highest BCUT2D eigenvalue weighted by atomic mass is 79.9. The van der Waals surface area contributed by atoms with Crippen LogP contribution in [-0.4, -0.2) is 27.6 Å². The van der Waals surface area contributed by atoms with Gasteiger partial charge < -0.3 is 10.4 Å². The molecule has 0 aliphatic rings. The number of hydrogen-bond donors (Lipinski definition) is 1. The second-order valence-electron chi connectivity index (χ2n) is 6.58. The predicted molar refractivity (Wildman–Crippen MR) is 117 cm³/mol. The third-order valence-electron chi connectivity index (χ3n) is 4.77. The van der Waals surface area contributed by atoms with E-state index in [0.717, 1.165) is 8.45 Å². The first kappa shape index (κ1) is 18.9. The molecule has 0 radical (unpaired) electrons. The highest BCUT2D eigenvalue weighted by molar-refractivity contribution is 9.10. The molecule has 2 heterocycles. The molecule has 8 nitrogen and oxygen atoms in total. The van der Waals surface area contributed by atoms with Crippen molar-refractivity contribution >= 4 is 64.7 Å². The number of para-hydroxylation sites is 2. The molecule has 10 heteroatoms. The summed E-state index contributed by atoms with van der Waals surface area (Å²) in [6.45, 7) is 0. The Morgan fingerprint density at radius 1 is 0.967 bits per heavy atom. The SMILES string of the molecule is O=S(=O)(c1ccc(N([O-])O)cc1)n1c2ccc(Br)cc2c2nc3ccccc3nc21. The van der Waals surface area contributed by atoms with Gasteiger partial charge in [0.25, 0.3) is 10.0 Å². The van der Waals surface area contributed by atoms with Crippen LogP contribution in [0, 0.1) is 5.21 Å². The largest absolute Gasteiger partial charge is 0.733 e. The normalized spacial score (nSPS) is 12.1. The Balaban J connectivity index is 1.87. The topological polar surface area (TPSA) is 111 Å². The third-order valence-corrected chi connectivity index (χ3v) is 6.98. The van der Waals surface area contributed by atoms with Crippen molar-refractivity contribution in [3.05, 3.63) is 76.4 Å². The fraction of sp³-hybridized carbons (Fsp3) is 0. The first-order chi connectivity index (χ1) is 14.4. The fourth-order valence-electron chi connectivity index (χ4n) is 3.40. The Kier molecular flexibility index (Phi) is 4.26. The van der Waals surface area contributed by atoms with Gasteiger partial charge in [0.15, 0.2) is 5.65 Å². The van der Waals surface area contributed by atoms with Crippen molar-refractivity contribution in [2.75, 3.05) is 5.23 Å². The molecular weight excluding hydrogens is 472 g/mol. The molecule has 0 unspecified atom stereocenters. The zero-order valence-corrected chi connectivity index (χ0v) is 17.5. The summed E-state index contributed by atoms with van der Waals surface area (Å²) in [4.78, 5) is 9.20. The van der Waals surface area contributed by atoms with E-state index >= 15 is 0 Å². The van der Waals surface area contributed by atoms with Crippen LogP contribution in [0.25, 0.3) is 33.1 Å². The second kappa shape index (κ2) is 6.74. The van der Waals surface area contributed by atoms with Crippen molar-refractivity contribution in [1.82, 2.24) is 13.9 Å². The monoisotopic (exact) mass is 483 g/mol. The lowest BCUT2D eigenvalue weighted by molar-refractivity contribution is 0.296. The molecule has 5 rings (SSSR count). The van der Waals surface area contributed by atoms with Gasteiger partial charge in [-0.2, -0.15) is 0 Å². The van der Waals surface area contributed by atoms with E-state index < -0.39 is 10.0 Å². The van der Waals surface area contributed by atoms with Gasteiger partial charge in [-0.25, -0.2) is 22.4 Å². The van der Waals surface area contributed by atoms with Crippen LogP contribution in [0.1, 0.15) is 0 Å². The highest BCUT2D eigenvalue weighted by Gasteiger charge is 2.25. The molecule has 0 fully saturated rings. The van der Waals surface area contributed by atoms with E-state index in [1.54, 1.807) is 24.3 Å². The molecule has 150 valence electrons. The molecule has 0 aliphatic carbocycles. The number of fused-ring (bicyclic) bond motifs is 4. The summed E-state index contributed by atoms with van der Waals surface area (Å²) in [6.07, 6.45) is 0. The molecule has 0 saturated heterocycles. The van der Waals surface area contributed by atoms with Crippen LogP contribution in [0.2, 0.25) is 0 Å². The molecule has 1 N–H and O–H groups in total. The van der Waals surface area contributed by atoms with Crippen molar-refractivity contribution in [1.29, 1.82) is 0 Å². The zero-order chi connectivity index (χ0) is 21.0. The minimum atomic E-state index is -4.08. The van der Waals surface area contributed by atoms with E-state index in [-0.39, 0.29) is 21.5 Å². The average Bonchev–Trinajstić information content (AvgIpc) is 3.05. The number of benzene rings is 3. The number of anilines is 1. The molecule has 0 bridgehead atoms. The van der Waals surface area contributed by atoms with Gasteiger partial charge in [-0.3, -0.25) is 5.21 Å². The maximum Gasteiger partial charge on any atom is 0.269 e. The van der Waals surface area contributed by atoms with Gasteiger partial charge in [-0.05, 0) is 54.6 Å². The molecule has 0 spiro atoms. The number of hydrogen-bond acceptors (Lipinski definition) is 7. The summed E-state index contributed by atoms with van der Waals surface area (Å²) in [5, 5.41) is 20.4. The van der Waals surface area contributed by atoms with E-state index in [4.69, 9.17) is 5.21 Å². The van der Waals surface area contributed by atoms with E-state index in [2.05, 4.69) is 25.9 Å².